The molecule has 0 spiro atoms. The van der Waals surface area contributed by atoms with Gasteiger partial charge in [-0.05, 0) is 29.3 Å². The predicted molar refractivity (Wildman–Crippen MR) is 125 cm³/mol. The highest BCUT2D eigenvalue weighted by Crippen LogP contribution is 2.48. The SMILES string of the molecule is COc1cncc(-c2cccc(C3(c4ccncc4)N=C(N)N4CC(F)(F)CN(OC(C)=O)C43)c2)n1. The number of nitrogens with zero attached hydrogens (tertiary/aromatic N) is 6. The molecule has 1 fully saturated rings. The zero-order chi connectivity index (χ0) is 25.5. The molecule has 36 heavy (non-hydrogen) atoms. The van der Waals surface area contributed by atoms with Gasteiger partial charge in [0.2, 0.25) is 5.88 Å². The van der Waals surface area contributed by atoms with Crippen LogP contribution in [0.5, 0.6) is 5.88 Å². The average molecular weight is 495 g/mol. The van der Waals surface area contributed by atoms with Crippen LogP contribution in [0.3, 0.4) is 0 Å². The van der Waals surface area contributed by atoms with Gasteiger partial charge in [0, 0.05) is 24.9 Å². The fourth-order valence-electron chi connectivity index (χ4n) is 4.75. The van der Waals surface area contributed by atoms with E-state index in [4.69, 9.17) is 20.3 Å². The second kappa shape index (κ2) is 8.79. The number of aliphatic imine (C=N–C) groups is 1. The number of guanidine groups is 1. The van der Waals surface area contributed by atoms with E-state index < -0.39 is 36.7 Å². The molecule has 0 bridgehead atoms. The van der Waals surface area contributed by atoms with E-state index in [1.54, 1.807) is 36.8 Å². The van der Waals surface area contributed by atoms with Crippen LogP contribution in [0.25, 0.3) is 11.3 Å². The molecule has 0 radical (unpaired) electrons. The lowest BCUT2D eigenvalue weighted by molar-refractivity contribution is -0.263. The van der Waals surface area contributed by atoms with Crippen LogP contribution in [-0.2, 0) is 15.2 Å². The first-order valence-electron chi connectivity index (χ1n) is 11.1. The van der Waals surface area contributed by atoms with Crippen LogP contribution in [0.15, 0.2) is 66.2 Å². The lowest BCUT2D eigenvalue weighted by Gasteiger charge is -2.47. The van der Waals surface area contributed by atoms with Crippen molar-refractivity contribution in [3.63, 3.8) is 0 Å². The van der Waals surface area contributed by atoms with E-state index in [1.165, 1.54) is 18.2 Å². The molecule has 3 aromatic rings. The van der Waals surface area contributed by atoms with Crippen LogP contribution < -0.4 is 10.5 Å². The minimum atomic E-state index is -3.20. The van der Waals surface area contributed by atoms with Crippen molar-refractivity contribution in [3.05, 3.63) is 72.3 Å². The van der Waals surface area contributed by atoms with Crippen LogP contribution in [0, 0.1) is 0 Å². The summed E-state index contributed by atoms with van der Waals surface area (Å²) in [7, 11) is 1.50. The number of hydrogen-bond donors (Lipinski definition) is 1. The Kier molecular flexibility index (Phi) is 5.75. The molecule has 2 aliphatic rings. The molecule has 0 amide bonds. The Hall–Kier alpha value is -4.19. The van der Waals surface area contributed by atoms with Gasteiger partial charge in [-0.1, -0.05) is 18.2 Å². The molecule has 2 atom stereocenters. The zero-order valence-corrected chi connectivity index (χ0v) is 19.5. The molecule has 4 heterocycles. The van der Waals surface area contributed by atoms with Gasteiger partial charge in [0.05, 0.1) is 31.7 Å². The van der Waals surface area contributed by atoms with Crippen LogP contribution in [-0.4, -0.2) is 69.1 Å². The standard InChI is InChI=1S/C24H23F2N7O3/c1-15(34)36-33-14-23(25,26)13-32-21(33)24(31-22(32)27,17-6-8-28-9-7-17)18-5-3-4-16(10-18)19-11-29-12-20(30-19)35-2/h3-12,21H,13-14H2,1-2H3,(H2,27,31). The maximum absolute atomic E-state index is 14.7. The first-order chi connectivity index (χ1) is 17.2. The molecule has 2 aliphatic heterocycles. The smallest absolute Gasteiger partial charge is 0.322 e. The third-order valence-corrected chi connectivity index (χ3v) is 6.10. The number of carbonyl (C=O) groups is 1. The first kappa shape index (κ1) is 23.5. The van der Waals surface area contributed by atoms with Gasteiger partial charge in [-0.15, -0.1) is 5.06 Å². The number of nitrogens with two attached hydrogens (primary N) is 1. The third kappa shape index (κ3) is 3.98. The van der Waals surface area contributed by atoms with Gasteiger partial charge >= 0.3 is 5.97 Å². The van der Waals surface area contributed by atoms with Crippen molar-refractivity contribution >= 4 is 11.9 Å². The van der Waals surface area contributed by atoms with Crippen LogP contribution in [0.4, 0.5) is 8.78 Å². The summed E-state index contributed by atoms with van der Waals surface area (Å²) in [4.78, 5) is 36.0. The predicted octanol–water partition coefficient (Wildman–Crippen LogP) is 2.18. The number of rotatable bonds is 5. The van der Waals surface area contributed by atoms with E-state index >= 15 is 0 Å². The molecule has 1 aromatic carbocycles. The summed E-state index contributed by atoms with van der Waals surface area (Å²) in [5.74, 6) is -3.69. The first-order valence-corrected chi connectivity index (χ1v) is 11.1. The van der Waals surface area contributed by atoms with Crippen molar-refractivity contribution in [2.45, 2.75) is 24.6 Å². The maximum Gasteiger partial charge on any atom is 0.322 e. The number of fused-ring (bicyclic) bond motifs is 1. The van der Waals surface area contributed by atoms with E-state index in [1.807, 2.05) is 18.2 Å². The van der Waals surface area contributed by atoms with Crippen molar-refractivity contribution in [1.29, 1.82) is 0 Å². The quantitative estimate of drug-likeness (QED) is 0.568. The summed E-state index contributed by atoms with van der Waals surface area (Å²) >= 11 is 0. The molecular formula is C24H23F2N7O3. The van der Waals surface area contributed by atoms with Crippen molar-refractivity contribution in [3.8, 4) is 17.1 Å². The van der Waals surface area contributed by atoms with Gasteiger partial charge in [-0.25, -0.2) is 18.8 Å². The summed E-state index contributed by atoms with van der Waals surface area (Å²) in [6, 6.07) is 10.8. The molecule has 2 unspecified atom stereocenters. The van der Waals surface area contributed by atoms with Crippen molar-refractivity contribution in [1.82, 2.24) is 24.9 Å². The second-order valence-electron chi connectivity index (χ2n) is 8.52. The Balaban J connectivity index is 1.72. The van der Waals surface area contributed by atoms with E-state index in [0.29, 0.717) is 28.3 Å². The van der Waals surface area contributed by atoms with Crippen molar-refractivity contribution in [2.75, 3.05) is 20.2 Å². The Labute approximate surface area is 205 Å². The second-order valence-corrected chi connectivity index (χ2v) is 8.52. The summed E-state index contributed by atoms with van der Waals surface area (Å²) in [5, 5.41) is 0.966. The number of ether oxygens (including phenoxy) is 1. The van der Waals surface area contributed by atoms with E-state index in [9.17, 15) is 13.6 Å². The highest BCUT2D eigenvalue weighted by atomic mass is 19.3. The molecule has 186 valence electrons. The Morgan fingerprint density at radius 3 is 2.61 bits per heavy atom. The fourth-order valence-corrected chi connectivity index (χ4v) is 4.75. The molecular weight excluding hydrogens is 472 g/mol. The number of alkyl halides is 2. The lowest BCUT2D eigenvalue weighted by atomic mass is 9.79. The molecule has 0 saturated carbocycles. The minimum Gasteiger partial charge on any atom is -0.480 e. The number of carbonyl (C=O) groups excluding carboxylic acids is 1. The Morgan fingerprint density at radius 2 is 1.89 bits per heavy atom. The van der Waals surface area contributed by atoms with Crippen molar-refractivity contribution in [2.24, 2.45) is 10.7 Å². The molecule has 10 nitrogen and oxygen atoms in total. The number of methoxy groups -OCH3 is 1. The number of halogens is 2. The van der Waals surface area contributed by atoms with Crippen LogP contribution >= 0.6 is 0 Å². The highest BCUT2D eigenvalue weighted by Gasteiger charge is 2.60. The lowest BCUT2D eigenvalue weighted by Crippen LogP contribution is -2.66. The topological polar surface area (TPSA) is 119 Å². The number of hydrogen-bond acceptors (Lipinski definition) is 10. The molecule has 5 rings (SSSR count). The molecule has 0 aliphatic carbocycles. The van der Waals surface area contributed by atoms with Crippen LogP contribution in [0.1, 0.15) is 18.1 Å². The number of aromatic nitrogens is 3. The van der Waals surface area contributed by atoms with E-state index in [2.05, 4.69) is 15.0 Å². The minimum absolute atomic E-state index is 0.0973. The van der Waals surface area contributed by atoms with Gasteiger partial charge in [-0.2, -0.15) is 0 Å². The maximum atomic E-state index is 14.7. The Morgan fingerprint density at radius 1 is 1.11 bits per heavy atom. The fraction of sp³-hybridized carbons (Fsp3) is 0.292. The number of benzene rings is 1. The molecule has 2 N–H and O–H groups in total. The number of hydroxylamine groups is 2. The summed E-state index contributed by atoms with van der Waals surface area (Å²) in [5.41, 5.74) is 7.41. The summed E-state index contributed by atoms with van der Waals surface area (Å²) in [6.07, 6.45) is 5.26. The van der Waals surface area contributed by atoms with Crippen molar-refractivity contribution < 1.29 is 23.1 Å². The van der Waals surface area contributed by atoms with E-state index in [-0.39, 0.29) is 5.96 Å². The van der Waals surface area contributed by atoms with Gasteiger partial charge in [0.25, 0.3) is 5.92 Å². The van der Waals surface area contributed by atoms with Gasteiger partial charge < -0.3 is 20.2 Å². The molecule has 12 heteroatoms. The van der Waals surface area contributed by atoms with Gasteiger partial charge in [0.1, 0.15) is 6.54 Å². The largest absolute Gasteiger partial charge is 0.480 e. The van der Waals surface area contributed by atoms with E-state index in [0.717, 1.165) is 12.0 Å². The third-order valence-electron chi connectivity index (χ3n) is 6.10. The monoisotopic (exact) mass is 495 g/mol. The highest BCUT2D eigenvalue weighted by molar-refractivity contribution is 5.83. The van der Waals surface area contributed by atoms with Crippen LogP contribution in [0.2, 0.25) is 0 Å². The molecule has 1 saturated heterocycles. The van der Waals surface area contributed by atoms with Gasteiger partial charge in [-0.3, -0.25) is 14.8 Å². The number of pyridine rings is 1. The zero-order valence-electron chi connectivity index (χ0n) is 19.5. The van der Waals surface area contributed by atoms with Gasteiger partial charge in [0.15, 0.2) is 17.7 Å². The summed E-state index contributed by atoms with van der Waals surface area (Å²) in [6.45, 7) is -0.338. The molecule has 2 aromatic heterocycles. The summed E-state index contributed by atoms with van der Waals surface area (Å²) < 4.78 is 34.6. The normalized spacial score (nSPS) is 23.1. The Bertz CT molecular complexity index is 1320. The average Bonchev–Trinajstić information content (AvgIpc) is 3.16.